The van der Waals surface area contributed by atoms with Crippen LogP contribution in [0.2, 0.25) is 0 Å². The lowest BCUT2D eigenvalue weighted by Gasteiger charge is -2.43. The fraction of sp³-hybridized carbons (Fsp3) is 0.583. The number of rotatable bonds is 2. The Morgan fingerprint density at radius 3 is 2.78 bits per heavy atom. The lowest BCUT2D eigenvalue weighted by Crippen LogP contribution is -2.55. The maximum absolute atomic E-state index is 12.6. The highest BCUT2D eigenvalue weighted by Crippen LogP contribution is 2.32. The van der Waals surface area contributed by atoms with Gasteiger partial charge in [-0.05, 0) is 38.8 Å². The SMILES string of the molecule is CC1(C)CC(N)CCN1S(=O)(=O)c1cccnc1. The van der Waals surface area contributed by atoms with Gasteiger partial charge in [0.15, 0.2) is 0 Å². The van der Waals surface area contributed by atoms with Crippen molar-refractivity contribution in [2.45, 2.75) is 43.2 Å². The molecule has 0 saturated carbocycles. The first-order valence-corrected chi connectivity index (χ1v) is 7.46. The van der Waals surface area contributed by atoms with E-state index in [-0.39, 0.29) is 10.9 Å². The molecule has 18 heavy (non-hydrogen) atoms. The van der Waals surface area contributed by atoms with Crippen LogP contribution in [0.25, 0.3) is 0 Å². The fourth-order valence-electron chi connectivity index (χ4n) is 2.50. The number of nitrogens with two attached hydrogens (primary N) is 1. The molecule has 1 aromatic rings. The van der Waals surface area contributed by atoms with Crippen molar-refractivity contribution in [1.29, 1.82) is 0 Å². The third-order valence-corrected chi connectivity index (χ3v) is 5.46. The molecule has 1 atom stereocenters. The van der Waals surface area contributed by atoms with Crippen molar-refractivity contribution in [3.8, 4) is 0 Å². The third-order valence-electron chi connectivity index (χ3n) is 3.36. The maximum atomic E-state index is 12.6. The molecule has 1 unspecified atom stereocenters. The van der Waals surface area contributed by atoms with Gasteiger partial charge < -0.3 is 5.73 Å². The van der Waals surface area contributed by atoms with Crippen molar-refractivity contribution in [2.24, 2.45) is 5.73 Å². The summed E-state index contributed by atoms with van der Waals surface area (Å²) in [5, 5.41) is 0. The average molecular weight is 269 g/mol. The lowest BCUT2D eigenvalue weighted by atomic mass is 9.90. The molecule has 0 aromatic carbocycles. The highest BCUT2D eigenvalue weighted by Gasteiger charge is 2.41. The van der Waals surface area contributed by atoms with Crippen LogP contribution in [-0.4, -0.2) is 35.8 Å². The van der Waals surface area contributed by atoms with Gasteiger partial charge >= 0.3 is 0 Å². The second kappa shape index (κ2) is 4.60. The van der Waals surface area contributed by atoms with Crippen LogP contribution >= 0.6 is 0 Å². The standard InChI is InChI=1S/C12H19N3O2S/c1-12(2)8-10(13)5-7-15(12)18(16,17)11-4-3-6-14-9-11/h3-4,6,9-10H,5,7-8,13H2,1-2H3. The van der Waals surface area contributed by atoms with E-state index in [1.54, 1.807) is 22.6 Å². The molecule has 1 aromatic heterocycles. The highest BCUT2D eigenvalue weighted by molar-refractivity contribution is 7.89. The summed E-state index contributed by atoms with van der Waals surface area (Å²) in [6, 6.07) is 3.28. The fourth-order valence-corrected chi connectivity index (χ4v) is 4.27. The smallest absolute Gasteiger partial charge is 0.245 e. The van der Waals surface area contributed by atoms with Crippen molar-refractivity contribution in [2.75, 3.05) is 6.54 Å². The van der Waals surface area contributed by atoms with Crippen molar-refractivity contribution in [1.82, 2.24) is 9.29 Å². The molecule has 6 heteroatoms. The molecule has 5 nitrogen and oxygen atoms in total. The zero-order valence-corrected chi connectivity index (χ0v) is 11.5. The molecular formula is C12H19N3O2S. The number of sulfonamides is 1. The Hall–Kier alpha value is -0.980. The van der Waals surface area contributed by atoms with Gasteiger partial charge in [-0.3, -0.25) is 4.98 Å². The van der Waals surface area contributed by atoms with E-state index in [0.29, 0.717) is 19.4 Å². The predicted molar refractivity (Wildman–Crippen MR) is 69.4 cm³/mol. The van der Waals surface area contributed by atoms with Gasteiger partial charge in [-0.15, -0.1) is 0 Å². The molecular weight excluding hydrogens is 250 g/mol. The van der Waals surface area contributed by atoms with E-state index in [2.05, 4.69) is 4.98 Å². The number of pyridine rings is 1. The molecule has 2 heterocycles. The first-order chi connectivity index (χ1) is 8.34. The van der Waals surface area contributed by atoms with E-state index in [1.807, 2.05) is 13.8 Å². The second-order valence-electron chi connectivity index (χ2n) is 5.33. The van der Waals surface area contributed by atoms with Crippen molar-refractivity contribution in [3.05, 3.63) is 24.5 Å². The van der Waals surface area contributed by atoms with E-state index in [4.69, 9.17) is 5.73 Å². The number of hydrogen-bond acceptors (Lipinski definition) is 4. The Morgan fingerprint density at radius 2 is 2.22 bits per heavy atom. The van der Waals surface area contributed by atoms with Crippen molar-refractivity contribution in [3.63, 3.8) is 0 Å². The van der Waals surface area contributed by atoms with Crippen LogP contribution in [0.4, 0.5) is 0 Å². The summed E-state index contributed by atoms with van der Waals surface area (Å²) in [6.45, 7) is 4.30. The Bertz CT molecular complexity index is 513. The zero-order chi connectivity index (χ0) is 13.4. The predicted octanol–water partition coefficient (Wildman–Crippen LogP) is 0.972. The van der Waals surface area contributed by atoms with Gasteiger partial charge in [0.05, 0.1) is 0 Å². The molecule has 0 radical (unpaired) electrons. The minimum atomic E-state index is -3.48. The van der Waals surface area contributed by atoms with Crippen LogP contribution in [-0.2, 0) is 10.0 Å². The summed E-state index contributed by atoms with van der Waals surface area (Å²) in [7, 11) is -3.48. The summed E-state index contributed by atoms with van der Waals surface area (Å²) in [4.78, 5) is 4.12. The molecule has 2 rings (SSSR count). The second-order valence-corrected chi connectivity index (χ2v) is 7.19. The first-order valence-electron chi connectivity index (χ1n) is 6.02. The maximum Gasteiger partial charge on any atom is 0.245 e. The topological polar surface area (TPSA) is 76.3 Å². The first kappa shape index (κ1) is 13.5. The molecule has 0 aliphatic carbocycles. The summed E-state index contributed by atoms with van der Waals surface area (Å²) >= 11 is 0. The Balaban J connectivity index is 2.37. The third kappa shape index (κ3) is 2.41. The molecule has 100 valence electrons. The molecule has 2 N–H and O–H groups in total. The molecule has 0 bridgehead atoms. The van der Waals surface area contributed by atoms with Crippen LogP contribution in [0, 0.1) is 0 Å². The molecule has 1 aliphatic rings. The number of nitrogens with zero attached hydrogens (tertiary/aromatic N) is 2. The minimum absolute atomic E-state index is 0.0698. The van der Waals surface area contributed by atoms with E-state index in [0.717, 1.165) is 0 Å². The summed E-state index contributed by atoms with van der Waals surface area (Å²) in [5.41, 5.74) is 5.47. The summed E-state index contributed by atoms with van der Waals surface area (Å²) < 4.78 is 26.7. The molecule has 1 saturated heterocycles. The number of piperidine rings is 1. The van der Waals surface area contributed by atoms with Gasteiger partial charge in [-0.25, -0.2) is 8.42 Å². The van der Waals surface area contributed by atoms with Gasteiger partial charge in [0, 0.05) is 30.5 Å². The van der Waals surface area contributed by atoms with Gasteiger partial charge in [0.25, 0.3) is 0 Å². The average Bonchev–Trinajstić information content (AvgIpc) is 2.28. The number of aromatic nitrogens is 1. The van der Waals surface area contributed by atoms with Gasteiger partial charge in [-0.1, -0.05) is 0 Å². The Kier molecular flexibility index (Phi) is 3.44. The summed E-state index contributed by atoms with van der Waals surface area (Å²) in [6.07, 6.45) is 4.33. The van der Waals surface area contributed by atoms with Crippen LogP contribution in [0.1, 0.15) is 26.7 Å². The molecule has 0 amide bonds. The van der Waals surface area contributed by atoms with E-state index in [9.17, 15) is 8.42 Å². The van der Waals surface area contributed by atoms with Crippen LogP contribution in [0.5, 0.6) is 0 Å². The van der Waals surface area contributed by atoms with E-state index in [1.165, 1.54) is 6.20 Å². The van der Waals surface area contributed by atoms with Gasteiger partial charge in [-0.2, -0.15) is 4.31 Å². The van der Waals surface area contributed by atoms with E-state index >= 15 is 0 Å². The normalized spacial score (nSPS) is 24.9. The van der Waals surface area contributed by atoms with Gasteiger partial charge in [0.1, 0.15) is 4.90 Å². The van der Waals surface area contributed by atoms with Crippen LogP contribution in [0.3, 0.4) is 0 Å². The largest absolute Gasteiger partial charge is 0.328 e. The number of hydrogen-bond donors (Lipinski definition) is 1. The van der Waals surface area contributed by atoms with Crippen LogP contribution in [0.15, 0.2) is 29.4 Å². The molecule has 1 aliphatic heterocycles. The van der Waals surface area contributed by atoms with Crippen LogP contribution < -0.4 is 5.73 Å². The van der Waals surface area contributed by atoms with Gasteiger partial charge in [0.2, 0.25) is 10.0 Å². The highest BCUT2D eigenvalue weighted by atomic mass is 32.2. The molecule has 0 spiro atoms. The quantitative estimate of drug-likeness (QED) is 0.868. The minimum Gasteiger partial charge on any atom is -0.328 e. The summed E-state index contributed by atoms with van der Waals surface area (Å²) in [5.74, 6) is 0. The van der Waals surface area contributed by atoms with Crippen molar-refractivity contribution >= 4 is 10.0 Å². The monoisotopic (exact) mass is 269 g/mol. The zero-order valence-electron chi connectivity index (χ0n) is 10.7. The molecule has 1 fully saturated rings. The van der Waals surface area contributed by atoms with E-state index < -0.39 is 15.6 Å². The van der Waals surface area contributed by atoms with Crippen molar-refractivity contribution < 1.29 is 8.42 Å². The Labute approximate surface area is 108 Å². The lowest BCUT2D eigenvalue weighted by molar-refractivity contribution is 0.154. The Morgan fingerprint density at radius 1 is 1.50 bits per heavy atom.